The Hall–Kier alpha value is -2.96. The second-order valence-electron chi connectivity index (χ2n) is 5.23. The third-order valence-corrected chi connectivity index (χ3v) is 3.27. The molecule has 0 radical (unpaired) electrons. The Morgan fingerprint density at radius 1 is 1.00 bits per heavy atom. The van der Waals surface area contributed by atoms with Gasteiger partial charge in [0.25, 0.3) is 0 Å². The maximum atomic E-state index is 5.15. The van der Waals surface area contributed by atoms with E-state index in [4.69, 9.17) is 4.74 Å². The predicted octanol–water partition coefficient (Wildman–Crippen LogP) is 2.55. The number of H-pyrrole nitrogens is 1. The zero-order valence-corrected chi connectivity index (χ0v) is 13.3. The molecule has 0 aliphatic heterocycles. The normalized spacial score (nSPS) is 10.6. The third-order valence-electron chi connectivity index (χ3n) is 3.27. The number of methoxy groups -OCH3 is 1. The summed E-state index contributed by atoms with van der Waals surface area (Å²) < 4.78 is 5.15. The van der Waals surface area contributed by atoms with Crippen LogP contribution in [-0.4, -0.2) is 32.3 Å². The highest BCUT2D eigenvalue weighted by molar-refractivity contribution is 5.42. The molecule has 2 heterocycles. The maximum absolute atomic E-state index is 5.15. The van der Waals surface area contributed by atoms with Gasteiger partial charge in [0.1, 0.15) is 11.6 Å². The second-order valence-corrected chi connectivity index (χ2v) is 5.23. The molecule has 0 amide bonds. The summed E-state index contributed by atoms with van der Waals surface area (Å²) in [6, 6.07) is 9.77. The number of hydrogen-bond donors (Lipinski definition) is 2. The summed E-state index contributed by atoms with van der Waals surface area (Å²) >= 11 is 0. The van der Waals surface area contributed by atoms with Gasteiger partial charge in [-0.15, -0.1) is 5.10 Å². The standard InChI is InChI=1S/C16H18N6O/c1-10-8-11(2)18-15(17-10)20-16-19-14(21-22-16)9-12-4-6-13(23-3)7-5-12/h4-8H,9H2,1-3H3,(H2,17,18,19,20,21,22). The van der Waals surface area contributed by atoms with Gasteiger partial charge in [-0.2, -0.15) is 4.98 Å². The molecule has 0 bridgehead atoms. The SMILES string of the molecule is COc1ccc(Cc2nc(Nc3nc(C)cc(C)n3)n[nH]2)cc1. The minimum Gasteiger partial charge on any atom is -0.497 e. The van der Waals surface area contributed by atoms with Crippen molar-refractivity contribution in [2.24, 2.45) is 0 Å². The minimum atomic E-state index is 0.457. The Morgan fingerprint density at radius 2 is 1.70 bits per heavy atom. The molecule has 0 aliphatic rings. The van der Waals surface area contributed by atoms with E-state index in [-0.39, 0.29) is 0 Å². The van der Waals surface area contributed by atoms with Gasteiger partial charge in [-0.3, -0.25) is 10.4 Å². The van der Waals surface area contributed by atoms with E-state index in [1.807, 2.05) is 44.2 Å². The van der Waals surface area contributed by atoms with Gasteiger partial charge in [-0.1, -0.05) is 12.1 Å². The van der Waals surface area contributed by atoms with Crippen LogP contribution in [0.2, 0.25) is 0 Å². The van der Waals surface area contributed by atoms with Crippen LogP contribution < -0.4 is 10.1 Å². The molecule has 0 fully saturated rings. The Labute approximate surface area is 134 Å². The largest absolute Gasteiger partial charge is 0.497 e. The van der Waals surface area contributed by atoms with Crippen LogP contribution in [0.5, 0.6) is 5.75 Å². The van der Waals surface area contributed by atoms with Crippen molar-refractivity contribution in [3.8, 4) is 5.75 Å². The van der Waals surface area contributed by atoms with Gasteiger partial charge in [-0.05, 0) is 37.6 Å². The molecular formula is C16H18N6O. The molecule has 0 saturated heterocycles. The van der Waals surface area contributed by atoms with Crippen LogP contribution in [-0.2, 0) is 6.42 Å². The van der Waals surface area contributed by atoms with Gasteiger partial charge in [0.2, 0.25) is 11.9 Å². The fourth-order valence-electron chi connectivity index (χ4n) is 2.25. The molecule has 0 spiro atoms. The molecular weight excluding hydrogens is 292 g/mol. The lowest BCUT2D eigenvalue weighted by Crippen LogP contribution is -2.01. The molecule has 3 aromatic rings. The van der Waals surface area contributed by atoms with Crippen molar-refractivity contribution in [3.63, 3.8) is 0 Å². The number of aryl methyl sites for hydroxylation is 2. The second kappa shape index (κ2) is 6.43. The van der Waals surface area contributed by atoms with Crippen LogP contribution >= 0.6 is 0 Å². The van der Waals surface area contributed by atoms with E-state index in [2.05, 4.69) is 30.5 Å². The highest BCUT2D eigenvalue weighted by Crippen LogP contribution is 2.14. The van der Waals surface area contributed by atoms with Crippen LogP contribution in [0.25, 0.3) is 0 Å². The van der Waals surface area contributed by atoms with Crippen LogP contribution in [0, 0.1) is 13.8 Å². The summed E-state index contributed by atoms with van der Waals surface area (Å²) in [6.07, 6.45) is 0.659. The maximum Gasteiger partial charge on any atom is 0.248 e. The minimum absolute atomic E-state index is 0.457. The molecule has 0 atom stereocenters. The van der Waals surface area contributed by atoms with Crippen LogP contribution in [0.4, 0.5) is 11.9 Å². The fraction of sp³-hybridized carbons (Fsp3) is 0.250. The van der Waals surface area contributed by atoms with Gasteiger partial charge in [-0.25, -0.2) is 9.97 Å². The number of aromatic nitrogens is 5. The zero-order chi connectivity index (χ0) is 16.2. The lowest BCUT2D eigenvalue weighted by Gasteiger charge is -2.02. The molecule has 0 unspecified atom stereocenters. The summed E-state index contributed by atoms with van der Waals surface area (Å²) in [5, 5.41) is 10.1. The van der Waals surface area contributed by atoms with Crippen LogP contribution in [0.1, 0.15) is 22.8 Å². The highest BCUT2D eigenvalue weighted by atomic mass is 16.5. The summed E-state index contributed by atoms with van der Waals surface area (Å²) in [5.41, 5.74) is 2.92. The Bertz CT molecular complexity index is 776. The van der Waals surface area contributed by atoms with Gasteiger partial charge in [0.05, 0.1) is 7.11 Å². The molecule has 1 aromatic carbocycles. The zero-order valence-electron chi connectivity index (χ0n) is 13.3. The first-order chi connectivity index (χ1) is 11.1. The van der Waals surface area contributed by atoms with Crippen molar-refractivity contribution in [1.82, 2.24) is 25.1 Å². The smallest absolute Gasteiger partial charge is 0.248 e. The third kappa shape index (κ3) is 3.82. The number of nitrogens with zero attached hydrogens (tertiary/aromatic N) is 4. The van der Waals surface area contributed by atoms with E-state index in [0.29, 0.717) is 18.3 Å². The molecule has 0 aliphatic carbocycles. The van der Waals surface area contributed by atoms with E-state index in [0.717, 1.165) is 28.5 Å². The predicted molar refractivity (Wildman–Crippen MR) is 87.0 cm³/mol. The first kappa shape index (κ1) is 15.0. The number of rotatable bonds is 5. The lowest BCUT2D eigenvalue weighted by atomic mass is 10.1. The summed E-state index contributed by atoms with van der Waals surface area (Å²) in [4.78, 5) is 13.0. The van der Waals surface area contributed by atoms with Crippen molar-refractivity contribution in [2.45, 2.75) is 20.3 Å². The molecule has 118 valence electrons. The monoisotopic (exact) mass is 310 g/mol. The highest BCUT2D eigenvalue weighted by Gasteiger charge is 2.07. The van der Waals surface area contributed by atoms with E-state index < -0.39 is 0 Å². The average molecular weight is 310 g/mol. The van der Waals surface area contributed by atoms with Crippen molar-refractivity contribution in [3.05, 3.63) is 53.1 Å². The number of nitrogens with one attached hydrogen (secondary N) is 2. The lowest BCUT2D eigenvalue weighted by molar-refractivity contribution is 0.414. The Morgan fingerprint density at radius 3 is 2.35 bits per heavy atom. The number of ether oxygens (including phenoxy) is 1. The van der Waals surface area contributed by atoms with E-state index >= 15 is 0 Å². The molecule has 0 saturated carbocycles. The van der Waals surface area contributed by atoms with Crippen molar-refractivity contribution in [2.75, 3.05) is 12.4 Å². The Balaban J connectivity index is 1.69. The average Bonchev–Trinajstić information content (AvgIpc) is 2.94. The first-order valence-corrected chi connectivity index (χ1v) is 7.26. The van der Waals surface area contributed by atoms with Crippen LogP contribution in [0.15, 0.2) is 30.3 Å². The van der Waals surface area contributed by atoms with Crippen molar-refractivity contribution < 1.29 is 4.74 Å². The molecule has 2 N–H and O–H groups in total. The quantitative estimate of drug-likeness (QED) is 0.753. The first-order valence-electron chi connectivity index (χ1n) is 7.26. The fourth-order valence-corrected chi connectivity index (χ4v) is 2.25. The van der Waals surface area contributed by atoms with Crippen molar-refractivity contribution >= 4 is 11.9 Å². The topological polar surface area (TPSA) is 88.6 Å². The number of aromatic amines is 1. The van der Waals surface area contributed by atoms with Gasteiger partial charge >= 0.3 is 0 Å². The summed E-state index contributed by atoms with van der Waals surface area (Å²) in [6.45, 7) is 3.85. The van der Waals surface area contributed by atoms with E-state index in [1.165, 1.54) is 0 Å². The molecule has 7 nitrogen and oxygen atoms in total. The molecule has 7 heteroatoms. The van der Waals surface area contributed by atoms with E-state index in [9.17, 15) is 0 Å². The van der Waals surface area contributed by atoms with Gasteiger partial charge in [0.15, 0.2) is 0 Å². The van der Waals surface area contributed by atoms with Gasteiger partial charge in [0, 0.05) is 17.8 Å². The number of anilines is 2. The molecule has 2 aromatic heterocycles. The summed E-state index contributed by atoms with van der Waals surface area (Å²) in [5.74, 6) is 2.55. The summed E-state index contributed by atoms with van der Waals surface area (Å²) in [7, 11) is 1.65. The number of hydrogen-bond acceptors (Lipinski definition) is 6. The molecule has 23 heavy (non-hydrogen) atoms. The Kier molecular flexibility index (Phi) is 4.18. The number of benzene rings is 1. The molecule has 3 rings (SSSR count). The van der Waals surface area contributed by atoms with Gasteiger partial charge < -0.3 is 4.74 Å². The van der Waals surface area contributed by atoms with E-state index in [1.54, 1.807) is 7.11 Å². The van der Waals surface area contributed by atoms with Crippen LogP contribution in [0.3, 0.4) is 0 Å². The van der Waals surface area contributed by atoms with Crippen molar-refractivity contribution in [1.29, 1.82) is 0 Å².